The lowest BCUT2D eigenvalue weighted by atomic mass is 9.93. The maximum absolute atomic E-state index is 13.1. The molecule has 4 rings (SSSR count). The summed E-state index contributed by atoms with van der Waals surface area (Å²) in [6.07, 6.45) is 5.60. The number of rotatable bonds is 6. The average Bonchev–Trinajstić information content (AvgIpc) is 3.21. The molecule has 2 heterocycles. The number of hydrogen-bond donors (Lipinski definition) is 1. The minimum atomic E-state index is -4.51. The van der Waals surface area contributed by atoms with Crippen molar-refractivity contribution in [2.24, 2.45) is 5.92 Å². The number of alkyl halides is 3. The predicted molar refractivity (Wildman–Crippen MR) is 99.9 cm³/mol. The second-order valence-electron chi connectivity index (χ2n) is 8.02. The topological polar surface area (TPSA) is 59.8 Å². The van der Waals surface area contributed by atoms with Crippen LogP contribution in [0.15, 0.2) is 12.1 Å². The van der Waals surface area contributed by atoms with Crippen LogP contribution < -0.4 is 5.32 Å². The largest absolute Gasteiger partial charge is 0.433 e. The Balaban J connectivity index is 1.51. The summed E-state index contributed by atoms with van der Waals surface area (Å²) in [4.78, 5) is 20.6. The van der Waals surface area contributed by atoms with Gasteiger partial charge in [-0.05, 0) is 50.2 Å². The molecule has 0 saturated heterocycles. The molecular formula is C20H25F3N4O. The number of imidazole rings is 1. The number of nitrogens with one attached hydrogen (secondary N) is 1. The van der Waals surface area contributed by atoms with Gasteiger partial charge in [0, 0.05) is 12.5 Å². The summed E-state index contributed by atoms with van der Waals surface area (Å²) in [7, 11) is 0. The molecule has 5 nitrogen and oxygen atoms in total. The van der Waals surface area contributed by atoms with Crippen molar-refractivity contribution in [3.8, 4) is 0 Å². The molecule has 0 aliphatic heterocycles. The van der Waals surface area contributed by atoms with Crippen molar-refractivity contribution in [2.45, 2.75) is 76.4 Å². The van der Waals surface area contributed by atoms with E-state index in [1.54, 1.807) is 4.57 Å². The Morgan fingerprint density at radius 1 is 1.11 bits per heavy atom. The first-order chi connectivity index (χ1) is 13.4. The molecule has 0 bridgehead atoms. The highest BCUT2D eigenvalue weighted by Crippen LogP contribution is 2.38. The van der Waals surface area contributed by atoms with Gasteiger partial charge in [-0.15, -0.1) is 0 Å². The number of hydrogen-bond acceptors (Lipinski definition) is 3. The normalized spacial score (nSPS) is 18.5. The van der Waals surface area contributed by atoms with Crippen LogP contribution in [0, 0.1) is 5.92 Å². The molecule has 152 valence electrons. The molecule has 1 N–H and O–H groups in total. The lowest BCUT2D eigenvalue weighted by Crippen LogP contribution is -2.22. The highest BCUT2D eigenvalue weighted by molar-refractivity contribution is 5.91. The second kappa shape index (κ2) is 7.72. The van der Waals surface area contributed by atoms with E-state index >= 15 is 0 Å². The quantitative estimate of drug-likeness (QED) is 0.706. The number of pyridine rings is 1. The lowest BCUT2D eigenvalue weighted by molar-refractivity contribution is -0.141. The van der Waals surface area contributed by atoms with Crippen LogP contribution in [0.1, 0.15) is 75.9 Å². The summed E-state index contributed by atoms with van der Waals surface area (Å²) in [5.41, 5.74) is -0.364. The van der Waals surface area contributed by atoms with Gasteiger partial charge < -0.3 is 0 Å². The Morgan fingerprint density at radius 2 is 1.86 bits per heavy atom. The zero-order chi connectivity index (χ0) is 19.7. The summed E-state index contributed by atoms with van der Waals surface area (Å²) in [5, 5.41) is 2.82. The third kappa shape index (κ3) is 4.00. The molecule has 2 fully saturated rings. The number of aromatic nitrogens is 3. The first-order valence-corrected chi connectivity index (χ1v) is 10.2. The van der Waals surface area contributed by atoms with Crippen LogP contribution >= 0.6 is 0 Å². The average molecular weight is 394 g/mol. The van der Waals surface area contributed by atoms with Gasteiger partial charge >= 0.3 is 6.18 Å². The van der Waals surface area contributed by atoms with Gasteiger partial charge in [-0.3, -0.25) is 14.7 Å². The van der Waals surface area contributed by atoms with Crippen LogP contribution in [-0.4, -0.2) is 20.4 Å². The van der Waals surface area contributed by atoms with Crippen molar-refractivity contribution >= 4 is 23.0 Å². The molecule has 0 aromatic carbocycles. The van der Waals surface area contributed by atoms with Crippen LogP contribution in [0.25, 0.3) is 11.2 Å². The second-order valence-corrected chi connectivity index (χ2v) is 8.02. The molecule has 2 aliphatic carbocycles. The van der Waals surface area contributed by atoms with Gasteiger partial charge in [-0.1, -0.05) is 25.7 Å². The molecule has 2 aliphatic rings. The maximum Gasteiger partial charge on any atom is 0.433 e. The summed E-state index contributed by atoms with van der Waals surface area (Å²) in [5.74, 6) is 0.916. The van der Waals surface area contributed by atoms with Crippen molar-refractivity contribution in [3.63, 3.8) is 0 Å². The van der Waals surface area contributed by atoms with E-state index in [-0.39, 0.29) is 17.6 Å². The van der Waals surface area contributed by atoms with Crippen molar-refractivity contribution in [3.05, 3.63) is 17.8 Å². The minimum Gasteiger partial charge on any atom is -0.296 e. The van der Waals surface area contributed by atoms with Crippen LogP contribution in [0.5, 0.6) is 0 Å². The molecule has 2 saturated carbocycles. The first kappa shape index (κ1) is 19.2. The maximum atomic E-state index is 13.1. The van der Waals surface area contributed by atoms with Crippen molar-refractivity contribution < 1.29 is 18.0 Å². The molecule has 0 unspecified atom stereocenters. The van der Waals surface area contributed by atoms with E-state index in [4.69, 9.17) is 0 Å². The summed E-state index contributed by atoms with van der Waals surface area (Å²) >= 11 is 0. The first-order valence-electron chi connectivity index (χ1n) is 10.2. The highest BCUT2D eigenvalue weighted by Gasteiger charge is 2.34. The number of amides is 1. The van der Waals surface area contributed by atoms with Crippen LogP contribution in [0.4, 0.5) is 19.1 Å². The van der Waals surface area contributed by atoms with Crippen LogP contribution in [0.3, 0.4) is 0 Å². The summed E-state index contributed by atoms with van der Waals surface area (Å²) in [6, 6.07) is 2.30. The zero-order valence-electron chi connectivity index (χ0n) is 15.8. The molecule has 8 heteroatoms. The van der Waals surface area contributed by atoms with E-state index in [0.29, 0.717) is 17.9 Å². The molecule has 28 heavy (non-hydrogen) atoms. The van der Waals surface area contributed by atoms with Crippen LogP contribution in [0.2, 0.25) is 0 Å². The third-order valence-electron chi connectivity index (χ3n) is 6.01. The molecule has 2 aromatic heterocycles. The monoisotopic (exact) mass is 394 g/mol. The fourth-order valence-electron chi connectivity index (χ4n) is 4.25. The SMILES string of the molecule is O=C(CCCC1CCCC1)Nc1nc2ccc(C(F)(F)F)nc2n1C1CCC1. The molecule has 0 radical (unpaired) electrons. The van der Waals surface area contributed by atoms with E-state index < -0.39 is 11.9 Å². The van der Waals surface area contributed by atoms with Gasteiger partial charge in [0.05, 0.1) is 0 Å². The summed E-state index contributed by atoms with van der Waals surface area (Å²) in [6.45, 7) is 0. The van der Waals surface area contributed by atoms with Gasteiger partial charge in [-0.25, -0.2) is 9.97 Å². The number of carbonyl (C=O) groups excluding carboxylic acids is 1. The molecule has 1 amide bonds. The number of carbonyl (C=O) groups is 1. The van der Waals surface area contributed by atoms with E-state index in [2.05, 4.69) is 15.3 Å². The number of anilines is 1. The van der Waals surface area contributed by atoms with Crippen LogP contribution in [-0.2, 0) is 11.0 Å². The Kier molecular flexibility index (Phi) is 5.29. The van der Waals surface area contributed by atoms with Gasteiger partial charge in [-0.2, -0.15) is 13.2 Å². The van der Waals surface area contributed by atoms with E-state index in [9.17, 15) is 18.0 Å². The smallest absolute Gasteiger partial charge is 0.296 e. The standard InChI is InChI=1S/C20H25F3N4O/c21-20(22,23)16-12-11-15-18(25-16)27(14-8-4-9-14)19(24-15)26-17(28)10-3-7-13-5-1-2-6-13/h11-14H,1-10H2,(H,24,26,28). The fraction of sp³-hybridized carbons (Fsp3) is 0.650. The molecular weight excluding hydrogens is 369 g/mol. The Bertz CT molecular complexity index is 851. The van der Waals surface area contributed by atoms with Crippen molar-refractivity contribution in [1.29, 1.82) is 0 Å². The number of nitrogens with zero attached hydrogens (tertiary/aromatic N) is 3. The molecule has 2 aromatic rings. The molecule has 0 spiro atoms. The minimum absolute atomic E-state index is 0.0368. The Labute approximate surface area is 161 Å². The van der Waals surface area contributed by atoms with Gasteiger partial charge in [0.2, 0.25) is 11.9 Å². The van der Waals surface area contributed by atoms with Gasteiger partial charge in [0.25, 0.3) is 0 Å². The van der Waals surface area contributed by atoms with E-state index in [1.165, 1.54) is 31.7 Å². The van der Waals surface area contributed by atoms with E-state index in [1.807, 2.05) is 0 Å². The van der Waals surface area contributed by atoms with Gasteiger partial charge in [0.1, 0.15) is 11.2 Å². The predicted octanol–water partition coefficient (Wildman–Crippen LogP) is 5.47. The van der Waals surface area contributed by atoms with Gasteiger partial charge in [0.15, 0.2) is 5.65 Å². The summed E-state index contributed by atoms with van der Waals surface area (Å²) < 4.78 is 40.9. The highest BCUT2D eigenvalue weighted by atomic mass is 19.4. The lowest BCUT2D eigenvalue weighted by Gasteiger charge is -2.28. The number of fused-ring (bicyclic) bond motifs is 1. The van der Waals surface area contributed by atoms with Crippen molar-refractivity contribution in [1.82, 2.24) is 14.5 Å². The fourth-order valence-corrected chi connectivity index (χ4v) is 4.25. The Hall–Kier alpha value is -2.12. The Morgan fingerprint density at radius 3 is 2.50 bits per heavy atom. The zero-order valence-corrected chi connectivity index (χ0v) is 15.8. The number of halogens is 3. The molecule has 0 atom stereocenters. The third-order valence-corrected chi connectivity index (χ3v) is 6.01. The van der Waals surface area contributed by atoms with Crippen molar-refractivity contribution in [2.75, 3.05) is 5.32 Å². The van der Waals surface area contributed by atoms with E-state index in [0.717, 1.165) is 44.1 Å².